The topological polar surface area (TPSA) is 24.5 Å². The van der Waals surface area contributed by atoms with Crippen LogP contribution in [0.15, 0.2) is 25.6 Å². The van der Waals surface area contributed by atoms with Crippen LogP contribution in [0.25, 0.3) is 0 Å². The highest BCUT2D eigenvalue weighted by atomic mass is 79.9. The second-order valence-corrected chi connectivity index (χ2v) is 7.00. The van der Waals surface area contributed by atoms with Crippen LogP contribution < -0.4 is 5.32 Å². The van der Waals surface area contributed by atoms with E-state index >= 15 is 0 Å². The van der Waals surface area contributed by atoms with E-state index in [1.165, 1.54) is 0 Å². The van der Waals surface area contributed by atoms with Crippen LogP contribution in [-0.4, -0.2) is 44.3 Å². The van der Waals surface area contributed by atoms with E-state index in [2.05, 4.69) is 65.1 Å². The summed E-state index contributed by atoms with van der Waals surface area (Å²) < 4.78 is 8.84. The van der Waals surface area contributed by atoms with Crippen LogP contribution in [0.2, 0.25) is 0 Å². The van der Waals surface area contributed by atoms with Crippen LogP contribution in [0.4, 0.5) is 5.69 Å². The summed E-state index contributed by atoms with van der Waals surface area (Å²) in [6.07, 6.45) is 0.242. The van der Waals surface area contributed by atoms with Gasteiger partial charge < -0.3 is 15.0 Å². The van der Waals surface area contributed by atoms with Gasteiger partial charge in [-0.2, -0.15) is 0 Å². The fourth-order valence-corrected chi connectivity index (χ4v) is 4.46. The van der Waals surface area contributed by atoms with E-state index in [1.54, 1.807) is 0 Å². The number of anilines is 1. The molecule has 18 heavy (non-hydrogen) atoms. The van der Waals surface area contributed by atoms with E-state index in [1.807, 2.05) is 12.1 Å². The number of nitrogens with zero attached hydrogens (tertiary/aromatic N) is 1. The molecule has 0 saturated carbocycles. The predicted molar refractivity (Wildman–Crippen MR) is 85.3 cm³/mol. The Morgan fingerprint density at radius 3 is 2.61 bits per heavy atom. The Labute approximate surface area is 133 Å². The monoisotopic (exact) mass is 440 g/mol. The van der Waals surface area contributed by atoms with E-state index in [4.69, 9.17) is 4.74 Å². The highest BCUT2D eigenvalue weighted by Gasteiger charge is 2.18. The minimum Gasteiger partial charge on any atom is -0.381 e. The normalized spacial score (nSPS) is 21.0. The summed E-state index contributed by atoms with van der Waals surface area (Å²) in [6.45, 7) is 3.61. The minimum absolute atomic E-state index is 0.242. The molecule has 0 aromatic heterocycles. The Hall–Kier alpha value is 0.380. The summed E-state index contributed by atoms with van der Waals surface area (Å²) in [5.41, 5.74) is 1.06. The molecule has 100 valence electrons. The zero-order chi connectivity index (χ0) is 13.1. The SMILES string of the molecule is CN1CCOC(CNc2c(Br)cc(Br)cc2Br)C1. The summed E-state index contributed by atoms with van der Waals surface area (Å²) in [7, 11) is 2.13. The van der Waals surface area contributed by atoms with E-state index in [-0.39, 0.29) is 6.10 Å². The Morgan fingerprint density at radius 2 is 2.00 bits per heavy atom. The van der Waals surface area contributed by atoms with E-state index in [0.717, 1.165) is 45.3 Å². The summed E-state index contributed by atoms with van der Waals surface area (Å²) in [6, 6.07) is 4.06. The molecule has 1 aromatic rings. The summed E-state index contributed by atoms with van der Waals surface area (Å²) in [4.78, 5) is 2.29. The van der Waals surface area contributed by atoms with Crippen molar-refractivity contribution < 1.29 is 4.74 Å². The third-order valence-corrected chi connectivity index (χ3v) is 4.56. The number of halogens is 3. The first-order chi connectivity index (χ1) is 8.56. The average Bonchev–Trinajstić information content (AvgIpc) is 2.27. The smallest absolute Gasteiger partial charge is 0.0874 e. The highest BCUT2D eigenvalue weighted by molar-refractivity contribution is 9.11. The van der Waals surface area contributed by atoms with Gasteiger partial charge >= 0.3 is 0 Å². The number of nitrogens with one attached hydrogen (secondary N) is 1. The van der Waals surface area contributed by atoms with E-state index < -0.39 is 0 Å². The maximum Gasteiger partial charge on any atom is 0.0874 e. The summed E-state index contributed by atoms with van der Waals surface area (Å²) in [5, 5.41) is 3.43. The van der Waals surface area contributed by atoms with Crippen LogP contribution >= 0.6 is 47.8 Å². The molecule has 0 aliphatic carbocycles. The first-order valence-electron chi connectivity index (χ1n) is 5.75. The first kappa shape index (κ1) is 14.8. The van der Waals surface area contributed by atoms with Gasteiger partial charge in [0.25, 0.3) is 0 Å². The maximum atomic E-state index is 5.73. The molecule has 1 atom stereocenters. The van der Waals surface area contributed by atoms with Crippen molar-refractivity contribution in [1.29, 1.82) is 0 Å². The zero-order valence-corrected chi connectivity index (χ0v) is 14.8. The fraction of sp³-hybridized carbons (Fsp3) is 0.500. The third kappa shape index (κ3) is 3.93. The van der Waals surface area contributed by atoms with Crippen LogP contribution in [0.3, 0.4) is 0 Å². The Morgan fingerprint density at radius 1 is 1.33 bits per heavy atom. The van der Waals surface area contributed by atoms with Gasteiger partial charge in [-0.05, 0) is 51.0 Å². The van der Waals surface area contributed by atoms with Crippen molar-refractivity contribution in [3.05, 3.63) is 25.6 Å². The molecule has 1 aromatic carbocycles. The second kappa shape index (κ2) is 6.70. The molecule has 1 aliphatic rings. The van der Waals surface area contributed by atoms with Gasteiger partial charge in [0.1, 0.15) is 0 Å². The van der Waals surface area contributed by atoms with Crippen molar-refractivity contribution in [1.82, 2.24) is 4.90 Å². The van der Waals surface area contributed by atoms with Crippen LogP contribution in [0.5, 0.6) is 0 Å². The molecule has 3 nitrogen and oxygen atoms in total. The van der Waals surface area contributed by atoms with Crippen molar-refractivity contribution in [2.75, 3.05) is 38.6 Å². The van der Waals surface area contributed by atoms with Gasteiger partial charge in [-0.1, -0.05) is 15.9 Å². The van der Waals surface area contributed by atoms with E-state index in [0.29, 0.717) is 0 Å². The van der Waals surface area contributed by atoms with E-state index in [9.17, 15) is 0 Å². The molecule has 1 unspecified atom stereocenters. The maximum absolute atomic E-state index is 5.73. The molecule has 1 N–H and O–H groups in total. The number of rotatable bonds is 3. The lowest BCUT2D eigenvalue weighted by Crippen LogP contribution is -2.43. The van der Waals surface area contributed by atoms with Crippen molar-refractivity contribution in [2.24, 2.45) is 0 Å². The molecule has 1 fully saturated rings. The molecular weight excluding hydrogens is 428 g/mol. The summed E-state index contributed by atoms with van der Waals surface area (Å²) in [5.74, 6) is 0. The molecule has 1 saturated heterocycles. The van der Waals surface area contributed by atoms with Gasteiger partial charge in [0, 0.05) is 33.1 Å². The molecule has 0 amide bonds. The minimum atomic E-state index is 0.242. The molecular formula is C12H15Br3N2O. The van der Waals surface area contributed by atoms with Gasteiger partial charge in [0.15, 0.2) is 0 Å². The molecule has 6 heteroatoms. The predicted octanol–water partition coefficient (Wildman–Crippen LogP) is 3.72. The van der Waals surface area contributed by atoms with Gasteiger partial charge in [0.05, 0.1) is 18.4 Å². The lowest BCUT2D eigenvalue weighted by molar-refractivity contribution is -0.0117. The third-order valence-electron chi connectivity index (χ3n) is 2.86. The summed E-state index contributed by atoms with van der Waals surface area (Å²) >= 11 is 10.6. The highest BCUT2D eigenvalue weighted by Crippen LogP contribution is 2.34. The Balaban J connectivity index is 1.97. The number of hydrogen-bond donors (Lipinski definition) is 1. The van der Waals surface area contributed by atoms with Crippen molar-refractivity contribution in [3.8, 4) is 0 Å². The fourth-order valence-electron chi connectivity index (χ4n) is 1.92. The zero-order valence-electron chi connectivity index (χ0n) is 10.0. The van der Waals surface area contributed by atoms with Crippen molar-refractivity contribution in [2.45, 2.75) is 6.10 Å². The average molecular weight is 443 g/mol. The standard InChI is InChI=1S/C12H15Br3N2O/c1-17-2-3-18-9(7-17)6-16-12-10(14)4-8(13)5-11(12)15/h4-5,9,16H,2-3,6-7H2,1H3. The van der Waals surface area contributed by atoms with Crippen LogP contribution in [-0.2, 0) is 4.74 Å². The van der Waals surface area contributed by atoms with Gasteiger partial charge in [0.2, 0.25) is 0 Å². The van der Waals surface area contributed by atoms with Gasteiger partial charge in [-0.15, -0.1) is 0 Å². The number of benzene rings is 1. The van der Waals surface area contributed by atoms with Crippen molar-refractivity contribution >= 4 is 53.5 Å². The number of likely N-dealkylation sites (N-methyl/N-ethyl adjacent to an activating group) is 1. The van der Waals surface area contributed by atoms with Crippen LogP contribution in [0, 0.1) is 0 Å². The molecule has 0 radical (unpaired) electrons. The molecule has 0 bridgehead atoms. The molecule has 2 rings (SSSR count). The second-order valence-electron chi connectivity index (χ2n) is 4.38. The number of ether oxygens (including phenoxy) is 1. The Kier molecular flexibility index (Phi) is 5.50. The first-order valence-corrected chi connectivity index (χ1v) is 8.12. The largest absolute Gasteiger partial charge is 0.381 e. The Bertz CT molecular complexity index is 405. The molecule has 1 heterocycles. The number of morpholine rings is 1. The van der Waals surface area contributed by atoms with Crippen LogP contribution in [0.1, 0.15) is 0 Å². The lowest BCUT2D eigenvalue weighted by Gasteiger charge is -2.30. The quantitative estimate of drug-likeness (QED) is 0.772. The van der Waals surface area contributed by atoms with Gasteiger partial charge in [-0.25, -0.2) is 0 Å². The van der Waals surface area contributed by atoms with Crippen molar-refractivity contribution in [3.63, 3.8) is 0 Å². The number of hydrogen-bond acceptors (Lipinski definition) is 3. The van der Waals surface area contributed by atoms with Gasteiger partial charge in [-0.3, -0.25) is 0 Å². The molecule has 1 aliphatic heterocycles. The molecule has 0 spiro atoms. The lowest BCUT2D eigenvalue weighted by atomic mass is 10.2.